The average molecular weight is 236 g/mol. The van der Waals surface area contributed by atoms with E-state index in [0.717, 1.165) is 5.56 Å². The van der Waals surface area contributed by atoms with Gasteiger partial charge in [0, 0.05) is 5.56 Å². The van der Waals surface area contributed by atoms with E-state index >= 15 is 0 Å². The highest BCUT2D eigenvalue weighted by Crippen LogP contribution is 2.30. The molecule has 0 saturated heterocycles. The lowest BCUT2D eigenvalue weighted by molar-refractivity contribution is -0.116. The average Bonchev–Trinajstić information content (AvgIpc) is 2.27. The van der Waals surface area contributed by atoms with Crippen molar-refractivity contribution in [3.05, 3.63) is 23.3 Å². The Bertz CT molecular complexity index is 449. The van der Waals surface area contributed by atoms with E-state index in [1.54, 1.807) is 19.1 Å². The summed E-state index contributed by atoms with van der Waals surface area (Å²) in [5.41, 5.74) is 1.27. The molecule has 0 aliphatic carbocycles. The van der Waals surface area contributed by atoms with Crippen LogP contribution < -0.4 is 9.47 Å². The van der Waals surface area contributed by atoms with Crippen LogP contribution in [0.3, 0.4) is 0 Å². The molecular formula is C13H16O4. The van der Waals surface area contributed by atoms with E-state index in [9.17, 15) is 9.59 Å². The van der Waals surface area contributed by atoms with E-state index in [-0.39, 0.29) is 18.0 Å². The number of benzene rings is 1. The van der Waals surface area contributed by atoms with E-state index in [0.29, 0.717) is 17.1 Å². The number of carbonyl (C=O) groups is 2. The summed E-state index contributed by atoms with van der Waals surface area (Å²) in [5, 5.41) is 0. The van der Waals surface area contributed by atoms with Crippen LogP contribution in [0.15, 0.2) is 12.1 Å². The van der Waals surface area contributed by atoms with Crippen molar-refractivity contribution in [3.8, 4) is 11.5 Å². The number of aryl methyl sites for hydroxylation is 1. The van der Waals surface area contributed by atoms with Crippen LogP contribution in [0.2, 0.25) is 0 Å². The molecule has 4 heteroatoms. The van der Waals surface area contributed by atoms with E-state index in [2.05, 4.69) is 0 Å². The third kappa shape index (κ3) is 3.06. The van der Waals surface area contributed by atoms with Crippen molar-refractivity contribution >= 4 is 11.6 Å². The maximum Gasteiger partial charge on any atom is 0.170 e. The largest absolute Gasteiger partial charge is 0.493 e. The Morgan fingerprint density at radius 3 is 2.12 bits per heavy atom. The summed E-state index contributed by atoms with van der Waals surface area (Å²) in [6.45, 7) is 3.20. The summed E-state index contributed by atoms with van der Waals surface area (Å²) in [6, 6.07) is 3.34. The van der Waals surface area contributed by atoms with E-state index in [4.69, 9.17) is 9.47 Å². The molecule has 0 atom stereocenters. The van der Waals surface area contributed by atoms with Crippen molar-refractivity contribution in [2.24, 2.45) is 0 Å². The number of methoxy groups -OCH3 is 2. The molecule has 0 N–H and O–H groups in total. The standard InChI is InChI=1S/C13H16O4/c1-8-5-12(16-3)13(17-4)7-10(8)11(15)6-9(2)14/h5,7H,6H2,1-4H3. The van der Waals surface area contributed by atoms with Gasteiger partial charge in [0.2, 0.25) is 0 Å². The molecule has 0 aromatic heterocycles. The smallest absolute Gasteiger partial charge is 0.170 e. The van der Waals surface area contributed by atoms with Crippen LogP contribution in [0.5, 0.6) is 11.5 Å². The number of hydrogen-bond donors (Lipinski definition) is 0. The Morgan fingerprint density at radius 1 is 1.12 bits per heavy atom. The fourth-order valence-electron chi connectivity index (χ4n) is 1.60. The highest BCUT2D eigenvalue weighted by Gasteiger charge is 2.15. The van der Waals surface area contributed by atoms with Gasteiger partial charge in [0.25, 0.3) is 0 Å². The summed E-state index contributed by atoms with van der Waals surface area (Å²) >= 11 is 0. The first kappa shape index (κ1) is 13.2. The third-order valence-corrected chi connectivity index (χ3v) is 2.44. The first-order chi connectivity index (χ1) is 7.99. The summed E-state index contributed by atoms with van der Waals surface area (Å²) in [4.78, 5) is 22.8. The minimum Gasteiger partial charge on any atom is -0.493 e. The number of ketones is 2. The molecule has 0 fully saturated rings. The first-order valence-corrected chi connectivity index (χ1v) is 5.24. The van der Waals surface area contributed by atoms with E-state index < -0.39 is 0 Å². The van der Waals surface area contributed by atoms with Crippen LogP contribution >= 0.6 is 0 Å². The minimum atomic E-state index is -0.198. The molecule has 0 spiro atoms. The van der Waals surface area contributed by atoms with Crippen LogP contribution in [0.1, 0.15) is 29.3 Å². The Balaban J connectivity index is 3.16. The van der Waals surface area contributed by atoms with Crippen LogP contribution in [-0.4, -0.2) is 25.8 Å². The molecule has 0 radical (unpaired) electrons. The quantitative estimate of drug-likeness (QED) is 0.580. The van der Waals surface area contributed by atoms with Crippen LogP contribution in [0, 0.1) is 6.92 Å². The van der Waals surface area contributed by atoms with Crippen LogP contribution in [0.25, 0.3) is 0 Å². The third-order valence-electron chi connectivity index (χ3n) is 2.44. The number of hydrogen-bond acceptors (Lipinski definition) is 4. The van der Waals surface area contributed by atoms with Gasteiger partial charge in [0.1, 0.15) is 5.78 Å². The number of rotatable bonds is 5. The van der Waals surface area contributed by atoms with Crippen molar-refractivity contribution in [3.63, 3.8) is 0 Å². The van der Waals surface area contributed by atoms with Crippen molar-refractivity contribution in [2.45, 2.75) is 20.3 Å². The minimum absolute atomic E-state index is 0.0870. The maximum atomic E-state index is 11.8. The van der Waals surface area contributed by atoms with Gasteiger partial charge < -0.3 is 9.47 Å². The Kier molecular flexibility index (Phi) is 4.26. The zero-order chi connectivity index (χ0) is 13.0. The molecule has 17 heavy (non-hydrogen) atoms. The normalized spacial score (nSPS) is 9.88. The lowest BCUT2D eigenvalue weighted by Crippen LogP contribution is -2.07. The number of carbonyl (C=O) groups excluding carboxylic acids is 2. The second kappa shape index (κ2) is 5.48. The molecule has 1 aromatic rings. The van der Waals surface area contributed by atoms with Crippen molar-refractivity contribution < 1.29 is 19.1 Å². The molecule has 0 bridgehead atoms. The first-order valence-electron chi connectivity index (χ1n) is 5.24. The van der Waals surface area contributed by atoms with Gasteiger partial charge in [-0.15, -0.1) is 0 Å². The Labute approximate surface area is 101 Å². The predicted octanol–water partition coefficient (Wildman–Crippen LogP) is 2.17. The molecule has 0 aliphatic heterocycles. The molecule has 1 rings (SSSR count). The van der Waals surface area contributed by atoms with Gasteiger partial charge in [-0.2, -0.15) is 0 Å². The van der Waals surface area contributed by atoms with Gasteiger partial charge >= 0.3 is 0 Å². The van der Waals surface area contributed by atoms with Crippen molar-refractivity contribution in [2.75, 3.05) is 14.2 Å². The number of ether oxygens (including phenoxy) is 2. The molecule has 0 amide bonds. The van der Waals surface area contributed by atoms with E-state index in [1.165, 1.54) is 21.1 Å². The fourth-order valence-corrected chi connectivity index (χ4v) is 1.60. The zero-order valence-corrected chi connectivity index (χ0v) is 10.5. The predicted molar refractivity (Wildman–Crippen MR) is 63.9 cm³/mol. The molecule has 4 nitrogen and oxygen atoms in total. The molecule has 0 heterocycles. The maximum absolute atomic E-state index is 11.8. The highest BCUT2D eigenvalue weighted by atomic mass is 16.5. The Morgan fingerprint density at radius 2 is 1.65 bits per heavy atom. The SMILES string of the molecule is COc1cc(C)c(C(=O)CC(C)=O)cc1OC. The summed E-state index contributed by atoms with van der Waals surface area (Å²) in [5.74, 6) is 0.717. The van der Waals surface area contributed by atoms with Gasteiger partial charge in [-0.25, -0.2) is 0 Å². The monoisotopic (exact) mass is 236 g/mol. The summed E-state index contributed by atoms with van der Waals surface area (Å²) in [6.07, 6.45) is -0.0870. The molecule has 1 aromatic carbocycles. The molecule has 92 valence electrons. The van der Waals surface area contributed by atoms with Crippen molar-refractivity contribution in [1.82, 2.24) is 0 Å². The summed E-state index contributed by atoms with van der Waals surface area (Å²) in [7, 11) is 3.04. The molecular weight excluding hydrogens is 220 g/mol. The second-order valence-corrected chi connectivity index (χ2v) is 3.82. The Hall–Kier alpha value is -1.84. The van der Waals surface area contributed by atoms with Gasteiger partial charge in [-0.05, 0) is 31.5 Å². The van der Waals surface area contributed by atoms with Crippen LogP contribution in [-0.2, 0) is 4.79 Å². The number of Topliss-reactive ketones (excluding diaryl/α,β-unsaturated/α-hetero) is 2. The topological polar surface area (TPSA) is 52.6 Å². The molecule has 0 aliphatic rings. The molecule has 0 saturated carbocycles. The highest BCUT2D eigenvalue weighted by molar-refractivity contribution is 6.08. The van der Waals surface area contributed by atoms with Crippen molar-refractivity contribution in [1.29, 1.82) is 0 Å². The summed E-state index contributed by atoms with van der Waals surface area (Å²) < 4.78 is 10.3. The van der Waals surface area contributed by atoms with Gasteiger partial charge in [0.15, 0.2) is 17.3 Å². The molecule has 0 unspecified atom stereocenters. The second-order valence-electron chi connectivity index (χ2n) is 3.82. The zero-order valence-electron chi connectivity index (χ0n) is 10.5. The van der Waals surface area contributed by atoms with Gasteiger partial charge in [-0.3, -0.25) is 9.59 Å². The lowest BCUT2D eigenvalue weighted by atomic mass is 10.0. The fraction of sp³-hybridized carbons (Fsp3) is 0.385. The van der Waals surface area contributed by atoms with Gasteiger partial charge in [-0.1, -0.05) is 0 Å². The lowest BCUT2D eigenvalue weighted by Gasteiger charge is -2.11. The van der Waals surface area contributed by atoms with E-state index in [1.807, 2.05) is 0 Å². The van der Waals surface area contributed by atoms with Gasteiger partial charge in [0.05, 0.1) is 20.6 Å². The van der Waals surface area contributed by atoms with Crippen LogP contribution in [0.4, 0.5) is 0 Å².